The first kappa shape index (κ1) is 17.3. The lowest BCUT2D eigenvalue weighted by molar-refractivity contribution is 0.335. The van der Waals surface area contributed by atoms with Crippen molar-refractivity contribution < 1.29 is 9.47 Å². The molecule has 0 heterocycles. The highest BCUT2D eigenvalue weighted by Gasteiger charge is 2.28. The number of benzene rings is 1. The van der Waals surface area contributed by atoms with Gasteiger partial charge in [-0.15, -0.1) is 0 Å². The highest BCUT2D eigenvalue weighted by molar-refractivity contribution is 6.91. The molecule has 20 heavy (non-hydrogen) atoms. The van der Waals surface area contributed by atoms with E-state index < -0.39 is 16.1 Å². The van der Waals surface area contributed by atoms with Crippen LogP contribution in [0.3, 0.4) is 0 Å². The van der Waals surface area contributed by atoms with Gasteiger partial charge in [0.25, 0.3) is 0 Å². The lowest BCUT2D eigenvalue weighted by Gasteiger charge is -2.27. The van der Waals surface area contributed by atoms with E-state index in [0.717, 1.165) is 24.7 Å². The summed E-state index contributed by atoms with van der Waals surface area (Å²) >= 11 is 0. The highest BCUT2D eigenvalue weighted by atomic mass is 28.3. The van der Waals surface area contributed by atoms with E-state index >= 15 is 0 Å². The zero-order valence-corrected chi connectivity index (χ0v) is 16.4. The van der Waals surface area contributed by atoms with Gasteiger partial charge in [0.1, 0.15) is 11.5 Å². The summed E-state index contributed by atoms with van der Waals surface area (Å²) in [6.07, 6.45) is 0. The van der Waals surface area contributed by atoms with Gasteiger partial charge in [-0.1, -0.05) is 39.3 Å². The van der Waals surface area contributed by atoms with E-state index in [1.54, 1.807) is 0 Å². The zero-order chi connectivity index (χ0) is 15.6. The maximum atomic E-state index is 5.93. The molecule has 0 saturated carbocycles. The lowest BCUT2D eigenvalue weighted by atomic mass is 10.3. The lowest BCUT2D eigenvalue weighted by Crippen LogP contribution is -2.44. The third kappa shape index (κ3) is 4.12. The molecule has 0 fully saturated rings. The summed E-state index contributed by atoms with van der Waals surface area (Å²) in [7, 11) is -2.89. The quantitative estimate of drug-likeness (QED) is 0.748. The molecular weight excluding hydrogens is 280 g/mol. The molecule has 0 N–H and O–H groups in total. The first-order valence-corrected chi connectivity index (χ1v) is 14.6. The van der Waals surface area contributed by atoms with Crippen molar-refractivity contribution in [3.8, 4) is 11.5 Å². The van der Waals surface area contributed by atoms with Gasteiger partial charge < -0.3 is 9.47 Å². The smallest absolute Gasteiger partial charge is 0.118 e. The predicted molar refractivity (Wildman–Crippen MR) is 94.7 cm³/mol. The fraction of sp³-hybridized carbons (Fsp3) is 0.625. The van der Waals surface area contributed by atoms with Crippen molar-refractivity contribution in [1.29, 1.82) is 0 Å². The minimum Gasteiger partial charge on any atom is -0.494 e. The van der Waals surface area contributed by atoms with Crippen molar-refractivity contribution in [3.05, 3.63) is 12.1 Å². The van der Waals surface area contributed by atoms with Crippen molar-refractivity contribution >= 4 is 26.5 Å². The van der Waals surface area contributed by atoms with Crippen LogP contribution in [0.1, 0.15) is 13.8 Å². The summed E-state index contributed by atoms with van der Waals surface area (Å²) in [5.74, 6) is 2.15. The molecule has 0 saturated heterocycles. The normalized spacial score (nSPS) is 12.4. The zero-order valence-electron chi connectivity index (χ0n) is 14.4. The number of hydrogen-bond acceptors (Lipinski definition) is 2. The first-order valence-electron chi connectivity index (χ1n) is 7.55. The summed E-state index contributed by atoms with van der Waals surface area (Å²) in [4.78, 5) is 0. The fourth-order valence-electron chi connectivity index (χ4n) is 2.28. The van der Waals surface area contributed by atoms with E-state index in [9.17, 15) is 0 Å². The minimum absolute atomic E-state index is 0.719. The van der Waals surface area contributed by atoms with Crippen LogP contribution in [0.25, 0.3) is 0 Å². The van der Waals surface area contributed by atoms with Gasteiger partial charge in [0.2, 0.25) is 0 Å². The number of hydrogen-bond donors (Lipinski definition) is 0. The maximum Gasteiger partial charge on any atom is 0.118 e. The molecule has 0 amide bonds. The van der Waals surface area contributed by atoms with Crippen LogP contribution in [0.2, 0.25) is 39.3 Å². The van der Waals surface area contributed by atoms with E-state index in [1.165, 1.54) is 10.4 Å². The minimum atomic E-state index is -1.45. The number of ether oxygens (including phenoxy) is 2. The molecule has 0 radical (unpaired) electrons. The standard InChI is InChI=1S/C16H30O2Si2/c1-9-17-13-11-16(20(6,7)8)14(18-10-2)12-15(13)19(3,4)5/h11-12H,9-10H2,1-8H3. The summed E-state index contributed by atoms with van der Waals surface area (Å²) in [5.41, 5.74) is 0. The van der Waals surface area contributed by atoms with Gasteiger partial charge in [-0.25, -0.2) is 0 Å². The molecule has 0 spiro atoms. The fourth-order valence-corrected chi connectivity index (χ4v) is 5.18. The second-order valence-corrected chi connectivity index (χ2v) is 17.3. The Labute approximate surface area is 126 Å². The summed E-state index contributed by atoms with van der Waals surface area (Å²) < 4.78 is 11.9. The first-order chi connectivity index (χ1) is 9.11. The highest BCUT2D eigenvalue weighted by Crippen LogP contribution is 2.22. The van der Waals surface area contributed by atoms with Gasteiger partial charge in [0.15, 0.2) is 0 Å². The van der Waals surface area contributed by atoms with E-state index in [1.807, 2.05) is 0 Å². The van der Waals surface area contributed by atoms with Gasteiger partial charge in [0.05, 0.1) is 29.4 Å². The molecule has 114 valence electrons. The molecule has 4 heteroatoms. The van der Waals surface area contributed by atoms with Crippen LogP contribution >= 0.6 is 0 Å². The van der Waals surface area contributed by atoms with Crippen LogP contribution < -0.4 is 19.8 Å². The Morgan fingerprint density at radius 1 is 0.700 bits per heavy atom. The molecule has 1 rings (SSSR count). The third-order valence-corrected chi connectivity index (χ3v) is 7.31. The molecular formula is C16H30O2Si2. The van der Waals surface area contributed by atoms with Crippen molar-refractivity contribution in [2.75, 3.05) is 13.2 Å². The van der Waals surface area contributed by atoms with Gasteiger partial charge in [-0.2, -0.15) is 0 Å². The van der Waals surface area contributed by atoms with Gasteiger partial charge in [-0.3, -0.25) is 0 Å². The monoisotopic (exact) mass is 310 g/mol. The van der Waals surface area contributed by atoms with Crippen LogP contribution in [-0.4, -0.2) is 29.4 Å². The largest absolute Gasteiger partial charge is 0.494 e. The topological polar surface area (TPSA) is 18.5 Å². The Balaban J connectivity index is 3.51. The molecule has 0 aliphatic rings. The Morgan fingerprint density at radius 2 is 1.00 bits per heavy atom. The van der Waals surface area contributed by atoms with Crippen molar-refractivity contribution in [1.82, 2.24) is 0 Å². The van der Waals surface area contributed by atoms with Crippen LogP contribution in [0.5, 0.6) is 11.5 Å². The summed E-state index contributed by atoms with van der Waals surface area (Å²) in [5, 5.41) is 2.73. The molecule has 0 unspecified atom stereocenters. The molecule has 0 aromatic heterocycles. The van der Waals surface area contributed by atoms with Crippen LogP contribution in [-0.2, 0) is 0 Å². The maximum absolute atomic E-state index is 5.93. The molecule has 1 aromatic carbocycles. The molecule has 0 atom stereocenters. The van der Waals surface area contributed by atoms with Crippen LogP contribution in [0, 0.1) is 0 Å². The molecule has 0 bridgehead atoms. The molecule has 2 nitrogen and oxygen atoms in total. The number of rotatable bonds is 6. The molecule has 0 aliphatic heterocycles. The Hall–Kier alpha value is -0.746. The predicted octanol–water partition coefficient (Wildman–Crippen LogP) is 3.57. The van der Waals surface area contributed by atoms with Crippen LogP contribution in [0.4, 0.5) is 0 Å². The van der Waals surface area contributed by atoms with Gasteiger partial charge in [0, 0.05) is 0 Å². The average Bonchev–Trinajstić information content (AvgIpc) is 2.28. The Kier molecular flexibility index (Phi) is 5.49. The van der Waals surface area contributed by atoms with E-state index in [4.69, 9.17) is 9.47 Å². The SMILES string of the molecule is CCOc1cc([Si](C)(C)C)c(OCC)cc1[Si](C)(C)C. The summed E-state index contributed by atoms with van der Waals surface area (Å²) in [6, 6.07) is 4.52. The van der Waals surface area contributed by atoms with Crippen molar-refractivity contribution in [2.45, 2.75) is 53.1 Å². The van der Waals surface area contributed by atoms with E-state index in [2.05, 4.69) is 65.3 Å². The van der Waals surface area contributed by atoms with Gasteiger partial charge in [-0.05, 0) is 36.4 Å². The Bertz CT molecular complexity index is 413. The molecule has 0 aliphatic carbocycles. The van der Waals surface area contributed by atoms with Gasteiger partial charge >= 0.3 is 0 Å². The van der Waals surface area contributed by atoms with Crippen molar-refractivity contribution in [2.24, 2.45) is 0 Å². The van der Waals surface area contributed by atoms with E-state index in [-0.39, 0.29) is 0 Å². The van der Waals surface area contributed by atoms with Crippen LogP contribution in [0.15, 0.2) is 12.1 Å². The second-order valence-electron chi connectivity index (χ2n) is 7.21. The van der Waals surface area contributed by atoms with Crippen molar-refractivity contribution in [3.63, 3.8) is 0 Å². The third-order valence-electron chi connectivity index (χ3n) is 3.30. The Morgan fingerprint density at radius 3 is 1.20 bits per heavy atom. The second kappa shape index (κ2) is 6.35. The van der Waals surface area contributed by atoms with E-state index in [0.29, 0.717) is 0 Å². The summed E-state index contributed by atoms with van der Waals surface area (Å²) in [6.45, 7) is 19.7. The molecule has 1 aromatic rings. The average molecular weight is 311 g/mol.